The second-order valence-corrected chi connectivity index (χ2v) is 13.6. The van der Waals surface area contributed by atoms with Gasteiger partial charge in [0.15, 0.2) is 0 Å². The minimum Gasteiger partial charge on any atom is -0.491 e. The van der Waals surface area contributed by atoms with Crippen LogP contribution in [-0.2, 0) is 21.7 Å². The molecule has 2 aliphatic heterocycles. The topological polar surface area (TPSA) is 86.9 Å². The Morgan fingerprint density at radius 2 is 1.54 bits per heavy atom. The van der Waals surface area contributed by atoms with E-state index in [0.717, 1.165) is 66.5 Å². The maximum atomic E-state index is 12.8. The molecule has 2 aromatic heterocycles. The van der Waals surface area contributed by atoms with Crippen LogP contribution in [0.5, 0.6) is 5.75 Å². The van der Waals surface area contributed by atoms with Crippen molar-refractivity contribution in [3.05, 3.63) is 129 Å². The van der Waals surface area contributed by atoms with E-state index in [1.165, 1.54) is 0 Å². The summed E-state index contributed by atoms with van der Waals surface area (Å²) in [5.41, 5.74) is 4.74. The fourth-order valence-corrected chi connectivity index (χ4v) is 7.05. The van der Waals surface area contributed by atoms with E-state index in [-0.39, 0.29) is 17.8 Å². The van der Waals surface area contributed by atoms with Crippen molar-refractivity contribution in [1.29, 1.82) is 0 Å². The van der Waals surface area contributed by atoms with Crippen LogP contribution in [0.4, 0.5) is 11.4 Å². The summed E-state index contributed by atoms with van der Waals surface area (Å²) in [5.74, 6) is -0.303. The van der Waals surface area contributed by atoms with Crippen LogP contribution in [-0.4, -0.2) is 64.8 Å². The summed E-state index contributed by atoms with van der Waals surface area (Å²) in [7, 11) is 0. The van der Waals surface area contributed by atoms with Crippen molar-refractivity contribution in [2.24, 2.45) is 0 Å². The standard InChI is InChI=1S/C38H40Cl2N6O4/c1-3-27(2)46-37(47)45(26-42-46)32-7-5-30(6-8-32)43-18-20-44(21-19-43)31-9-11-33(12-10-31)48-24-34-25-49-38(50-34,23-28-14-16-41-17-15-28)35-13-4-29(39)22-36(35)40/h4-17,22,26-27,34H,3,18-21,23-25H2,1-2H3/t27?,34-,38-/m1/s1. The number of anilines is 2. The highest BCUT2D eigenvalue weighted by Crippen LogP contribution is 2.41. The number of aromatic nitrogens is 4. The fraction of sp³-hybridized carbons (Fsp3) is 0.342. The van der Waals surface area contributed by atoms with Gasteiger partial charge in [-0.15, -0.1) is 0 Å². The molecular formula is C38H40Cl2N6O4. The van der Waals surface area contributed by atoms with Crippen LogP contribution in [0, 0.1) is 0 Å². The summed E-state index contributed by atoms with van der Waals surface area (Å²) in [5, 5.41) is 5.34. The SMILES string of the molecule is CCC(C)n1ncn(-c2ccc(N3CCN(c4ccc(OC[C@@H]5CO[C@@](Cc6ccncc6)(c6ccc(Cl)cc6Cl)O5)cc4)CC3)cc2)c1=O. The molecule has 0 radical (unpaired) electrons. The van der Waals surface area contributed by atoms with E-state index in [1.807, 2.05) is 49.4 Å². The molecule has 0 N–H and O–H groups in total. The second-order valence-electron chi connectivity index (χ2n) is 12.7. The van der Waals surface area contributed by atoms with Gasteiger partial charge in [0.1, 0.15) is 24.8 Å². The summed E-state index contributed by atoms with van der Waals surface area (Å²) >= 11 is 12.8. The predicted molar refractivity (Wildman–Crippen MR) is 196 cm³/mol. The molecule has 1 unspecified atom stereocenters. The molecule has 10 nitrogen and oxygen atoms in total. The van der Waals surface area contributed by atoms with Crippen molar-refractivity contribution in [2.45, 2.75) is 44.6 Å². The predicted octanol–water partition coefficient (Wildman–Crippen LogP) is 6.92. The molecule has 3 atom stereocenters. The van der Waals surface area contributed by atoms with E-state index in [2.05, 4.69) is 51.1 Å². The van der Waals surface area contributed by atoms with Crippen LogP contribution in [0.3, 0.4) is 0 Å². The maximum Gasteiger partial charge on any atom is 0.350 e. The smallest absolute Gasteiger partial charge is 0.350 e. The van der Waals surface area contributed by atoms with E-state index in [1.54, 1.807) is 40.1 Å². The Morgan fingerprint density at radius 3 is 2.18 bits per heavy atom. The molecule has 50 heavy (non-hydrogen) atoms. The molecular weight excluding hydrogens is 675 g/mol. The van der Waals surface area contributed by atoms with Gasteiger partial charge in [-0.25, -0.2) is 14.0 Å². The van der Waals surface area contributed by atoms with E-state index < -0.39 is 5.79 Å². The number of hydrogen-bond donors (Lipinski definition) is 0. The number of hydrogen-bond acceptors (Lipinski definition) is 8. The first kappa shape index (κ1) is 34.1. The van der Waals surface area contributed by atoms with Gasteiger partial charge in [-0.1, -0.05) is 36.2 Å². The van der Waals surface area contributed by atoms with Gasteiger partial charge in [0.2, 0.25) is 5.79 Å². The molecule has 2 saturated heterocycles. The van der Waals surface area contributed by atoms with Gasteiger partial charge < -0.3 is 24.0 Å². The minimum atomic E-state index is -1.07. The van der Waals surface area contributed by atoms with E-state index >= 15 is 0 Å². The lowest BCUT2D eigenvalue weighted by molar-refractivity contribution is -0.178. The number of ether oxygens (including phenoxy) is 3. The average Bonchev–Trinajstić information content (AvgIpc) is 3.74. The summed E-state index contributed by atoms with van der Waals surface area (Å²) in [4.78, 5) is 21.7. The third-order valence-electron chi connectivity index (χ3n) is 9.50. The Labute approximate surface area is 301 Å². The van der Waals surface area contributed by atoms with Gasteiger partial charge in [-0.3, -0.25) is 4.98 Å². The molecule has 3 aromatic carbocycles. The number of pyridine rings is 1. The summed E-state index contributed by atoms with van der Waals surface area (Å²) in [6, 6.07) is 25.7. The number of nitrogens with zero attached hydrogens (tertiary/aromatic N) is 6. The minimum absolute atomic E-state index is 0.0660. The van der Waals surface area contributed by atoms with Crippen LogP contribution < -0.4 is 20.2 Å². The summed E-state index contributed by atoms with van der Waals surface area (Å²) < 4.78 is 22.2. The monoisotopic (exact) mass is 714 g/mol. The van der Waals surface area contributed by atoms with Gasteiger partial charge in [0.05, 0.1) is 23.4 Å². The summed E-state index contributed by atoms with van der Waals surface area (Å²) in [6.45, 7) is 8.30. The highest BCUT2D eigenvalue weighted by Gasteiger charge is 2.45. The zero-order valence-corrected chi connectivity index (χ0v) is 29.6. The summed E-state index contributed by atoms with van der Waals surface area (Å²) in [6.07, 6.45) is 6.12. The normalized spacial score (nSPS) is 19.9. The maximum absolute atomic E-state index is 12.8. The first-order valence-electron chi connectivity index (χ1n) is 17.0. The molecule has 0 spiro atoms. The largest absolute Gasteiger partial charge is 0.491 e. The zero-order valence-electron chi connectivity index (χ0n) is 28.1. The average molecular weight is 716 g/mol. The van der Waals surface area contributed by atoms with Crippen LogP contribution in [0.2, 0.25) is 10.0 Å². The fourth-order valence-electron chi connectivity index (χ4n) is 6.50. The highest BCUT2D eigenvalue weighted by molar-refractivity contribution is 6.35. The number of benzene rings is 3. The molecule has 2 aliphatic rings. The van der Waals surface area contributed by atoms with Crippen molar-refractivity contribution in [3.8, 4) is 11.4 Å². The van der Waals surface area contributed by atoms with Crippen molar-refractivity contribution < 1.29 is 14.2 Å². The second kappa shape index (κ2) is 14.9. The highest BCUT2D eigenvalue weighted by atomic mass is 35.5. The van der Waals surface area contributed by atoms with Crippen LogP contribution >= 0.6 is 23.2 Å². The molecule has 5 aromatic rings. The number of piperazine rings is 1. The third kappa shape index (κ3) is 7.25. The Balaban J connectivity index is 0.930. The molecule has 7 rings (SSSR count). The van der Waals surface area contributed by atoms with Crippen LogP contribution in [0.25, 0.3) is 5.69 Å². The molecule has 12 heteroatoms. The van der Waals surface area contributed by atoms with Crippen molar-refractivity contribution >= 4 is 34.6 Å². The van der Waals surface area contributed by atoms with Crippen molar-refractivity contribution in [2.75, 3.05) is 49.2 Å². The number of halogens is 2. The third-order valence-corrected chi connectivity index (χ3v) is 10.0. The van der Waals surface area contributed by atoms with Crippen molar-refractivity contribution in [3.63, 3.8) is 0 Å². The Hall–Kier alpha value is -4.35. The first-order valence-corrected chi connectivity index (χ1v) is 17.7. The van der Waals surface area contributed by atoms with Gasteiger partial charge in [0, 0.05) is 67.0 Å². The number of rotatable bonds is 11. The van der Waals surface area contributed by atoms with Crippen molar-refractivity contribution in [1.82, 2.24) is 19.3 Å². The van der Waals surface area contributed by atoms with E-state index in [9.17, 15) is 4.79 Å². The van der Waals surface area contributed by atoms with Gasteiger partial charge in [0.25, 0.3) is 0 Å². The zero-order chi connectivity index (χ0) is 34.7. The lowest BCUT2D eigenvalue weighted by atomic mass is 9.98. The molecule has 260 valence electrons. The molecule has 4 heterocycles. The first-order chi connectivity index (χ1) is 24.3. The molecule has 0 bridgehead atoms. The lowest BCUT2D eigenvalue weighted by Crippen LogP contribution is -2.46. The lowest BCUT2D eigenvalue weighted by Gasteiger charge is -2.37. The van der Waals surface area contributed by atoms with Gasteiger partial charge in [-0.05, 0) is 91.7 Å². The molecule has 0 amide bonds. The Morgan fingerprint density at radius 1 is 0.900 bits per heavy atom. The Bertz CT molecular complexity index is 1950. The van der Waals surface area contributed by atoms with E-state index in [4.69, 9.17) is 37.4 Å². The van der Waals surface area contributed by atoms with E-state index in [0.29, 0.717) is 29.7 Å². The van der Waals surface area contributed by atoms with Gasteiger partial charge in [-0.2, -0.15) is 5.10 Å². The molecule has 2 fully saturated rings. The molecule has 0 aliphatic carbocycles. The van der Waals surface area contributed by atoms with Crippen LogP contribution in [0.15, 0.2) is 102 Å². The Kier molecular flexibility index (Phi) is 10.1. The van der Waals surface area contributed by atoms with Gasteiger partial charge >= 0.3 is 5.69 Å². The van der Waals surface area contributed by atoms with Crippen LogP contribution in [0.1, 0.15) is 37.4 Å². The quantitative estimate of drug-likeness (QED) is 0.146. The molecule has 0 saturated carbocycles.